The number of hydrogen-bond donors (Lipinski definition) is 1. The first kappa shape index (κ1) is 10.7. The van der Waals surface area contributed by atoms with Crippen LogP contribution < -0.4 is 5.32 Å². The van der Waals surface area contributed by atoms with Crippen molar-refractivity contribution in [2.24, 2.45) is 17.8 Å². The summed E-state index contributed by atoms with van der Waals surface area (Å²) in [5, 5.41) is 5.12. The predicted octanol–water partition coefficient (Wildman–Crippen LogP) is 4.78. The third-order valence-electron chi connectivity index (χ3n) is 5.00. The Labute approximate surface area is 112 Å². The molecule has 1 heterocycles. The third-order valence-corrected chi connectivity index (χ3v) is 6.15. The summed E-state index contributed by atoms with van der Waals surface area (Å²) in [6, 6.07) is 4.15. The zero-order valence-corrected chi connectivity index (χ0v) is 11.5. The fourth-order valence-corrected chi connectivity index (χ4v) is 5.97. The van der Waals surface area contributed by atoms with Gasteiger partial charge in [-0.2, -0.15) is 0 Å². The molecule has 0 aliphatic heterocycles. The van der Waals surface area contributed by atoms with Crippen molar-refractivity contribution in [1.29, 1.82) is 0 Å². The molecule has 4 aliphatic rings. The number of halogens is 1. The second-order valence-corrected chi connectivity index (χ2v) is 8.14. The van der Waals surface area contributed by atoms with Gasteiger partial charge in [-0.15, -0.1) is 11.3 Å². The predicted molar refractivity (Wildman–Crippen MR) is 73.9 cm³/mol. The number of anilines is 1. The molecule has 4 bridgehead atoms. The molecule has 1 N–H and O–H groups in total. The van der Waals surface area contributed by atoms with Crippen molar-refractivity contribution in [3.8, 4) is 0 Å². The highest BCUT2D eigenvalue weighted by atomic mass is 35.5. The smallest absolute Gasteiger partial charge is 0.0950 e. The molecular weight excluding hydrogens is 250 g/mol. The van der Waals surface area contributed by atoms with E-state index in [2.05, 4.69) is 11.4 Å². The average molecular weight is 268 g/mol. The average Bonchev–Trinajstić information content (AvgIpc) is 2.60. The Hall–Kier alpha value is -0.210. The van der Waals surface area contributed by atoms with Crippen LogP contribution >= 0.6 is 22.9 Å². The Balaban J connectivity index is 1.60. The lowest BCUT2D eigenvalue weighted by molar-refractivity contribution is 0.0109. The van der Waals surface area contributed by atoms with E-state index in [4.69, 9.17) is 11.6 Å². The maximum Gasteiger partial charge on any atom is 0.0950 e. The molecule has 0 spiro atoms. The number of nitrogens with one attached hydrogen (secondary N) is 1. The van der Waals surface area contributed by atoms with Crippen molar-refractivity contribution >= 4 is 27.9 Å². The number of thiophene rings is 1. The molecule has 92 valence electrons. The maximum atomic E-state index is 6.03. The highest BCUT2D eigenvalue weighted by Gasteiger charge is 2.50. The van der Waals surface area contributed by atoms with Crippen LogP contribution in [0.1, 0.15) is 38.5 Å². The standard InChI is InChI=1S/C14H18ClNS/c15-12-1-2-13(17-12)16-14-6-9-3-10(7-14)5-11(4-9)8-14/h1-2,9-11,16H,3-8H2. The molecule has 3 heteroatoms. The second-order valence-electron chi connectivity index (χ2n) is 6.43. The van der Waals surface area contributed by atoms with Crippen LogP contribution in [0.4, 0.5) is 5.00 Å². The summed E-state index contributed by atoms with van der Waals surface area (Å²) >= 11 is 7.72. The van der Waals surface area contributed by atoms with E-state index >= 15 is 0 Å². The van der Waals surface area contributed by atoms with Crippen LogP contribution in [-0.4, -0.2) is 5.54 Å². The minimum Gasteiger partial charge on any atom is -0.371 e. The molecule has 4 aliphatic carbocycles. The summed E-state index contributed by atoms with van der Waals surface area (Å²) in [5.41, 5.74) is 0.420. The minimum atomic E-state index is 0.420. The molecule has 1 aromatic rings. The van der Waals surface area contributed by atoms with Gasteiger partial charge in [-0.3, -0.25) is 0 Å². The fraction of sp³-hybridized carbons (Fsp3) is 0.714. The largest absolute Gasteiger partial charge is 0.371 e. The molecule has 0 unspecified atom stereocenters. The van der Waals surface area contributed by atoms with Crippen molar-refractivity contribution in [2.45, 2.75) is 44.1 Å². The Morgan fingerprint density at radius 3 is 2.12 bits per heavy atom. The first-order valence-corrected chi connectivity index (χ1v) is 7.94. The molecule has 4 saturated carbocycles. The molecule has 0 amide bonds. The molecule has 1 nitrogen and oxygen atoms in total. The van der Waals surface area contributed by atoms with Crippen LogP contribution in [0.15, 0.2) is 12.1 Å². The lowest BCUT2D eigenvalue weighted by Gasteiger charge is -2.57. The SMILES string of the molecule is Clc1ccc(NC23CC4CC(CC(C4)C2)C3)s1. The summed E-state index contributed by atoms with van der Waals surface area (Å²) < 4.78 is 0.900. The van der Waals surface area contributed by atoms with E-state index in [0.717, 1.165) is 22.1 Å². The number of rotatable bonds is 2. The van der Waals surface area contributed by atoms with E-state index in [9.17, 15) is 0 Å². The topological polar surface area (TPSA) is 12.0 Å². The van der Waals surface area contributed by atoms with Gasteiger partial charge in [0.1, 0.15) is 0 Å². The Morgan fingerprint density at radius 2 is 1.65 bits per heavy atom. The van der Waals surface area contributed by atoms with Crippen molar-refractivity contribution in [3.05, 3.63) is 16.5 Å². The summed E-state index contributed by atoms with van der Waals surface area (Å²) in [5.74, 6) is 3.01. The molecule has 0 aromatic carbocycles. The number of hydrogen-bond acceptors (Lipinski definition) is 2. The van der Waals surface area contributed by atoms with Gasteiger partial charge in [0.25, 0.3) is 0 Å². The molecule has 17 heavy (non-hydrogen) atoms. The summed E-state index contributed by atoms with van der Waals surface area (Å²) in [6.45, 7) is 0. The minimum absolute atomic E-state index is 0.420. The van der Waals surface area contributed by atoms with Crippen molar-refractivity contribution < 1.29 is 0 Å². The monoisotopic (exact) mass is 267 g/mol. The van der Waals surface area contributed by atoms with Crippen LogP contribution in [0.25, 0.3) is 0 Å². The first-order chi connectivity index (χ1) is 8.21. The van der Waals surface area contributed by atoms with Gasteiger partial charge in [-0.05, 0) is 68.4 Å². The van der Waals surface area contributed by atoms with Crippen molar-refractivity contribution in [3.63, 3.8) is 0 Å². The molecule has 0 atom stereocenters. The van der Waals surface area contributed by atoms with Crippen LogP contribution in [0.3, 0.4) is 0 Å². The Morgan fingerprint density at radius 1 is 1.06 bits per heavy atom. The van der Waals surface area contributed by atoms with Crippen molar-refractivity contribution in [2.75, 3.05) is 5.32 Å². The Bertz CT molecular complexity index is 404. The van der Waals surface area contributed by atoms with Gasteiger partial charge in [0, 0.05) is 5.54 Å². The van der Waals surface area contributed by atoms with E-state index in [0.29, 0.717) is 5.54 Å². The van der Waals surface area contributed by atoms with E-state index in [1.54, 1.807) is 11.3 Å². The van der Waals surface area contributed by atoms with Gasteiger partial charge in [0.15, 0.2) is 0 Å². The molecule has 5 rings (SSSR count). The third kappa shape index (κ3) is 1.80. The van der Waals surface area contributed by atoms with Gasteiger partial charge in [0.05, 0.1) is 9.34 Å². The van der Waals surface area contributed by atoms with E-state index < -0.39 is 0 Å². The zero-order valence-electron chi connectivity index (χ0n) is 9.92. The Kier molecular flexibility index (Phi) is 2.29. The summed E-state index contributed by atoms with van der Waals surface area (Å²) in [7, 11) is 0. The van der Waals surface area contributed by atoms with Crippen molar-refractivity contribution in [1.82, 2.24) is 0 Å². The van der Waals surface area contributed by atoms with Gasteiger partial charge < -0.3 is 5.32 Å². The van der Waals surface area contributed by atoms with Crippen LogP contribution in [0, 0.1) is 17.8 Å². The first-order valence-electron chi connectivity index (χ1n) is 6.74. The molecule has 1 aromatic heterocycles. The molecule has 0 saturated heterocycles. The molecule has 4 fully saturated rings. The summed E-state index contributed by atoms with van der Waals surface area (Å²) in [4.78, 5) is 0. The maximum absolute atomic E-state index is 6.03. The van der Waals surface area contributed by atoms with E-state index in [-0.39, 0.29) is 0 Å². The van der Waals surface area contributed by atoms with Gasteiger partial charge >= 0.3 is 0 Å². The van der Waals surface area contributed by atoms with E-state index in [1.807, 2.05) is 6.07 Å². The second kappa shape index (κ2) is 3.64. The van der Waals surface area contributed by atoms with Gasteiger partial charge in [-0.1, -0.05) is 11.6 Å². The highest BCUT2D eigenvalue weighted by Crippen LogP contribution is 2.56. The zero-order chi connectivity index (χ0) is 11.5. The summed E-state index contributed by atoms with van der Waals surface area (Å²) in [6.07, 6.45) is 8.71. The lowest BCUT2D eigenvalue weighted by Crippen LogP contribution is -2.54. The quantitative estimate of drug-likeness (QED) is 0.813. The van der Waals surface area contributed by atoms with Gasteiger partial charge in [0.2, 0.25) is 0 Å². The lowest BCUT2D eigenvalue weighted by atomic mass is 9.53. The van der Waals surface area contributed by atoms with E-state index in [1.165, 1.54) is 43.5 Å². The van der Waals surface area contributed by atoms with Gasteiger partial charge in [-0.25, -0.2) is 0 Å². The molecular formula is C14H18ClNS. The molecule has 0 radical (unpaired) electrons. The highest BCUT2D eigenvalue weighted by molar-refractivity contribution is 7.19. The van der Waals surface area contributed by atoms with Crippen LogP contribution in [-0.2, 0) is 0 Å². The normalized spacial score (nSPS) is 43.0. The van der Waals surface area contributed by atoms with Crippen LogP contribution in [0.2, 0.25) is 4.34 Å². The fourth-order valence-electron chi connectivity index (χ4n) is 4.91. The van der Waals surface area contributed by atoms with Crippen LogP contribution in [0.5, 0.6) is 0 Å².